The number of aryl methyl sites for hydroxylation is 1. The molecule has 0 aliphatic carbocycles. The molecule has 94 valence electrons. The van der Waals surface area contributed by atoms with E-state index >= 15 is 0 Å². The molecule has 1 rings (SSSR count). The lowest BCUT2D eigenvalue weighted by Crippen LogP contribution is -2.44. The van der Waals surface area contributed by atoms with Crippen molar-refractivity contribution in [1.82, 2.24) is 0 Å². The monoisotopic (exact) mass is 235 g/mol. The van der Waals surface area contributed by atoms with Crippen molar-refractivity contribution in [2.24, 2.45) is 5.73 Å². The van der Waals surface area contributed by atoms with E-state index in [2.05, 4.69) is 0 Å². The maximum Gasteiger partial charge on any atom is 0.186 e. The van der Waals surface area contributed by atoms with Crippen LogP contribution >= 0.6 is 0 Å². The molecule has 1 atom stereocenters. The van der Waals surface area contributed by atoms with Gasteiger partial charge in [0.2, 0.25) is 0 Å². The first-order chi connectivity index (χ1) is 7.85. The van der Waals surface area contributed by atoms with E-state index < -0.39 is 5.54 Å². The number of methoxy groups -OCH3 is 1. The van der Waals surface area contributed by atoms with Gasteiger partial charge in [0, 0.05) is 0 Å². The zero-order valence-corrected chi connectivity index (χ0v) is 11.3. The van der Waals surface area contributed by atoms with Gasteiger partial charge in [0.25, 0.3) is 0 Å². The highest BCUT2D eigenvalue weighted by Crippen LogP contribution is 2.29. The number of Topliss-reactive ketones (excluding diaryl/α,β-unsaturated/α-hetero) is 1. The Morgan fingerprint density at radius 2 is 2.00 bits per heavy atom. The molecule has 17 heavy (non-hydrogen) atoms. The second kappa shape index (κ2) is 4.88. The smallest absolute Gasteiger partial charge is 0.186 e. The van der Waals surface area contributed by atoms with E-state index in [0.717, 1.165) is 11.1 Å². The summed E-state index contributed by atoms with van der Waals surface area (Å²) in [6, 6.07) is 3.72. The topological polar surface area (TPSA) is 52.3 Å². The average Bonchev–Trinajstić information content (AvgIpc) is 2.31. The van der Waals surface area contributed by atoms with Crippen LogP contribution in [0.2, 0.25) is 0 Å². The van der Waals surface area contributed by atoms with Gasteiger partial charge in [-0.25, -0.2) is 0 Å². The van der Waals surface area contributed by atoms with Crippen molar-refractivity contribution >= 4 is 5.78 Å². The number of nitrogens with two attached hydrogens (primary N) is 1. The minimum absolute atomic E-state index is 0.0695. The molecule has 1 aromatic rings. The van der Waals surface area contributed by atoms with Gasteiger partial charge in [-0.15, -0.1) is 0 Å². The van der Waals surface area contributed by atoms with Gasteiger partial charge in [0.05, 0.1) is 18.2 Å². The number of carbonyl (C=O) groups is 1. The lowest BCUT2D eigenvalue weighted by Gasteiger charge is -2.23. The lowest BCUT2D eigenvalue weighted by molar-refractivity contribution is 0.0894. The SMILES string of the molecule is CCC(C)(N)C(=O)c1ccc(C)c(C)c1OC. The molecule has 0 saturated heterocycles. The molecule has 0 aliphatic rings. The number of hydrogen-bond acceptors (Lipinski definition) is 3. The average molecular weight is 235 g/mol. The zero-order chi connectivity index (χ0) is 13.2. The van der Waals surface area contributed by atoms with Crippen LogP contribution in [0.4, 0.5) is 0 Å². The van der Waals surface area contributed by atoms with Crippen LogP contribution in [0.3, 0.4) is 0 Å². The van der Waals surface area contributed by atoms with Crippen LogP contribution < -0.4 is 10.5 Å². The van der Waals surface area contributed by atoms with Crippen LogP contribution in [-0.2, 0) is 0 Å². The van der Waals surface area contributed by atoms with Crippen molar-refractivity contribution in [2.45, 2.75) is 39.7 Å². The number of carbonyl (C=O) groups excluding carboxylic acids is 1. The van der Waals surface area contributed by atoms with E-state index in [0.29, 0.717) is 17.7 Å². The fourth-order valence-electron chi connectivity index (χ4n) is 1.70. The first-order valence-electron chi connectivity index (χ1n) is 5.83. The van der Waals surface area contributed by atoms with E-state index in [1.165, 1.54) is 0 Å². The molecule has 3 heteroatoms. The van der Waals surface area contributed by atoms with Crippen LogP contribution in [0, 0.1) is 13.8 Å². The summed E-state index contributed by atoms with van der Waals surface area (Å²) >= 11 is 0. The fourth-order valence-corrected chi connectivity index (χ4v) is 1.70. The van der Waals surface area contributed by atoms with E-state index in [-0.39, 0.29) is 5.78 Å². The van der Waals surface area contributed by atoms with Crippen molar-refractivity contribution in [1.29, 1.82) is 0 Å². The summed E-state index contributed by atoms with van der Waals surface area (Å²) in [4.78, 5) is 12.3. The number of benzene rings is 1. The van der Waals surface area contributed by atoms with Gasteiger partial charge in [-0.1, -0.05) is 13.0 Å². The maximum atomic E-state index is 12.3. The Morgan fingerprint density at radius 3 is 2.47 bits per heavy atom. The highest BCUT2D eigenvalue weighted by Gasteiger charge is 2.30. The summed E-state index contributed by atoms with van der Waals surface area (Å²) in [5.74, 6) is 0.570. The van der Waals surface area contributed by atoms with Crippen LogP contribution in [0.25, 0.3) is 0 Å². The van der Waals surface area contributed by atoms with Crippen molar-refractivity contribution in [2.75, 3.05) is 7.11 Å². The van der Waals surface area contributed by atoms with Crippen molar-refractivity contribution < 1.29 is 9.53 Å². The summed E-state index contributed by atoms with van der Waals surface area (Å²) in [5, 5.41) is 0. The molecule has 2 N–H and O–H groups in total. The highest BCUT2D eigenvalue weighted by atomic mass is 16.5. The fraction of sp³-hybridized carbons (Fsp3) is 0.500. The highest BCUT2D eigenvalue weighted by molar-refractivity contribution is 6.05. The molecule has 0 aliphatic heterocycles. The molecule has 3 nitrogen and oxygen atoms in total. The number of rotatable bonds is 4. The second-order valence-electron chi connectivity index (χ2n) is 4.69. The van der Waals surface area contributed by atoms with E-state index in [9.17, 15) is 4.79 Å². The third-order valence-electron chi connectivity index (χ3n) is 3.38. The third kappa shape index (κ3) is 2.50. The Kier molecular flexibility index (Phi) is 3.94. The predicted molar refractivity (Wildman–Crippen MR) is 69.7 cm³/mol. The van der Waals surface area contributed by atoms with Gasteiger partial charge in [-0.05, 0) is 44.4 Å². The first-order valence-corrected chi connectivity index (χ1v) is 5.83. The first kappa shape index (κ1) is 13.7. The number of hydrogen-bond donors (Lipinski definition) is 1. The number of ketones is 1. The van der Waals surface area contributed by atoms with Gasteiger partial charge >= 0.3 is 0 Å². The summed E-state index contributed by atoms with van der Waals surface area (Å²) in [6.07, 6.45) is 0.599. The van der Waals surface area contributed by atoms with E-state index in [4.69, 9.17) is 10.5 Å². The predicted octanol–water partition coefficient (Wildman–Crippen LogP) is 2.62. The Bertz CT molecular complexity index is 436. The van der Waals surface area contributed by atoms with Crippen LogP contribution in [-0.4, -0.2) is 18.4 Å². The van der Waals surface area contributed by atoms with Crippen molar-refractivity contribution in [3.8, 4) is 5.75 Å². The second-order valence-corrected chi connectivity index (χ2v) is 4.69. The molecule has 0 aromatic heterocycles. The minimum Gasteiger partial charge on any atom is -0.496 e. The van der Waals surface area contributed by atoms with Gasteiger partial charge in [0.1, 0.15) is 5.75 Å². The Balaban J connectivity index is 3.33. The van der Waals surface area contributed by atoms with Gasteiger partial charge in [-0.2, -0.15) is 0 Å². The molecule has 0 amide bonds. The quantitative estimate of drug-likeness (QED) is 0.816. The molecule has 0 heterocycles. The standard InChI is InChI=1S/C14H21NO2/c1-6-14(4,15)13(16)11-8-7-9(2)10(3)12(11)17-5/h7-8H,6,15H2,1-5H3. The van der Waals surface area contributed by atoms with Crippen LogP contribution in [0.5, 0.6) is 5.75 Å². The Morgan fingerprint density at radius 1 is 1.41 bits per heavy atom. The van der Waals surface area contributed by atoms with E-state index in [1.807, 2.05) is 26.8 Å². The molecular weight excluding hydrogens is 214 g/mol. The summed E-state index contributed by atoms with van der Waals surface area (Å²) in [7, 11) is 1.58. The molecule has 0 fully saturated rings. The van der Waals surface area contributed by atoms with Gasteiger partial charge < -0.3 is 10.5 Å². The number of ether oxygens (including phenoxy) is 1. The van der Waals surface area contributed by atoms with Crippen LogP contribution in [0.1, 0.15) is 41.8 Å². The minimum atomic E-state index is -0.838. The molecule has 0 saturated carbocycles. The van der Waals surface area contributed by atoms with Crippen molar-refractivity contribution in [3.05, 3.63) is 28.8 Å². The summed E-state index contributed by atoms with van der Waals surface area (Å²) < 4.78 is 5.34. The molecule has 0 radical (unpaired) electrons. The van der Waals surface area contributed by atoms with Gasteiger partial charge in [-0.3, -0.25) is 4.79 Å². The molecule has 1 unspecified atom stereocenters. The zero-order valence-electron chi connectivity index (χ0n) is 11.3. The molecule has 1 aromatic carbocycles. The van der Waals surface area contributed by atoms with Crippen molar-refractivity contribution in [3.63, 3.8) is 0 Å². The van der Waals surface area contributed by atoms with Gasteiger partial charge in [0.15, 0.2) is 5.78 Å². The maximum absolute atomic E-state index is 12.3. The summed E-state index contributed by atoms with van der Waals surface area (Å²) in [5.41, 5.74) is 7.83. The molecular formula is C14H21NO2. The summed E-state index contributed by atoms with van der Waals surface area (Å²) in [6.45, 7) is 7.60. The normalized spacial score (nSPS) is 14.2. The lowest BCUT2D eigenvalue weighted by atomic mass is 9.88. The van der Waals surface area contributed by atoms with Crippen LogP contribution in [0.15, 0.2) is 12.1 Å². The third-order valence-corrected chi connectivity index (χ3v) is 3.38. The molecule has 0 spiro atoms. The Labute approximate surface area is 103 Å². The van der Waals surface area contributed by atoms with E-state index in [1.54, 1.807) is 20.1 Å². The Hall–Kier alpha value is -1.35. The molecule has 0 bridgehead atoms. The largest absolute Gasteiger partial charge is 0.496 e.